The van der Waals surface area contributed by atoms with Crippen LogP contribution >= 0.6 is 0 Å². The first-order chi connectivity index (χ1) is 14.8. The minimum absolute atomic E-state index is 0.0928. The number of amides is 1. The summed E-state index contributed by atoms with van der Waals surface area (Å²) in [6.07, 6.45) is 4.35. The number of anilines is 3. The number of rotatable bonds is 7. The van der Waals surface area contributed by atoms with Gasteiger partial charge in [0.1, 0.15) is 17.5 Å². The molecule has 1 aliphatic rings. The van der Waals surface area contributed by atoms with Crippen LogP contribution in [0.2, 0.25) is 0 Å². The normalized spacial score (nSPS) is 19.8. The summed E-state index contributed by atoms with van der Waals surface area (Å²) < 4.78 is 0. The van der Waals surface area contributed by atoms with Gasteiger partial charge in [0.2, 0.25) is 11.9 Å². The zero-order chi connectivity index (χ0) is 22.4. The third kappa shape index (κ3) is 6.15. The molecule has 2 atom stereocenters. The molecule has 1 aliphatic carbocycles. The molecule has 0 saturated heterocycles. The van der Waals surface area contributed by atoms with E-state index in [9.17, 15) is 15.2 Å². The number of aliphatic hydroxyl groups is 1. The number of hydrogen-bond donors (Lipinski definition) is 4. The Labute approximate surface area is 183 Å². The molecule has 31 heavy (non-hydrogen) atoms. The van der Waals surface area contributed by atoms with Crippen LogP contribution in [-0.4, -0.2) is 39.7 Å². The fourth-order valence-electron chi connectivity index (χ4n) is 3.87. The molecular formula is C23H30N6O2. The van der Waals surface area contributed by atoms with E-state index in [0.29, 0.717) is 23.9 Å². The highest BCUT2D eigenvalue weighted by molar-refractivity contribution is 5.88. The van der Waals surface area contributed by atoms with Gasteiger partial charge in [-0.15, -0.1) is 0 Å². The van der Waals surface area contributed by atoms with E-state index in [2.05, 4.69) is 45.8 Å². The Bertz CT molecular complexity index is 952. The molecule has 0 radical (unpaired) electrons. The molecule has 1 saturated carbocycles. The van der Waals surface area contributed by atoms with Crippen LogP contribution in [0.1, 0.15) is 51.2 Å². The maximum absolute atomic E-state index is 11.1. The fourth-order valence-corrected chi connectivity index (χ4v) is 3.87. The molecule has 2 aromatic rings. The van der Waals surface area contributed by atoms with E-state index in [1.807, 2.05) is 24.3 Å². The van der Waals surface area contributed by atoms with Gasteiger partial charge in [-0.05, 0) is 48.8 Å². The number of nitriles is 1. The van der Waals surface area contributed by atoms with Gasteiger partial charge in [0.05, 0.1) is 12.3 Å². The summed E-state index contributed by atoms with van der Waals surface area (Å²) in [5.41, 5.74) is 2.13. The van der Waals surface area contributed by atoms with Crippen LogP contribution in [0.3, 0.4) is 0 Å². The van der Waals surface area contributed by atoms with Gasteiger partial charge in [-0.2, -0.15) is 10.2 Å². The lowest BCUT2D eigenvalue weighted by Gasteiger charge is -2.40. The van der Waals surface area contributed by atoms with Crippen LogP contribution in [0.5, 0.6) is 0 Å². The van der Waals surface area contributed by atoms with Crippen molar-refractivity contribution >= 4 is 23.4 Å². The van der Waals surface area contributed by atoms with Gasteiger partial charge in [-0.1, -0.05) is 26.0 Å². The highest BCUT2D eigenvalue weighted by Gasteiger charge is 2.35. The summed E-state index contributed by atoms with van der Waals surface area (Å²) in [5, 5.41) is 29.0. The number of carbonyl (C=O) groups is 1. The van der Waals surface area contributed by atoms with Crippen molar-refractivity contribution in [2.45, 2.75) is 58.6 Å². The van der Waals surface area contributed by atoms with Crippen molar-refractivity contribution in [1.82, 2.24) is 9.97 Å². The molecule has 8 heteroatoms. The first-order valence-electron chi connectivity index (χ1n) is 10.6. The Balaban J connectivity index is 1.59. The minimum Gasteiger partial charge on any atom is -0.393 e. The Morgan fingerprint density at radius 1 is 1.29 bits per heavy atom. The van der Waals surface area contributed by atoms with Crippen molar-refractivity contribution in [3.63, 3.8) is 0 Å². The van der Waals surface area contributed by atoms with E-state index < -0.39 is 0 Å². The van der Waals surface area contributed by atoms with Crippen molar-refractivity contribution < 1.29 is 9.90 Å². The maximum Gasteiger partial charge on any atom is 0.224 e. The molecule has 1 aromatic carbocycles. The summed E-state index contributed by atoms with van der Waals surface area (Å²) in [7, 11) is 0. The number of aliphatic hydroxyl groups excluding tert-OH is 1. The first-order valence-corrected chi connectivity index (χ1v) is 10.6. The average molecular weight is 423 g/mol. The second-order valence-corrected chi connectivity index (χ2v) is 8.75. The summed E-state index contributed by atoms with van der Waals surface area (Å²) in [4.78, 5) is 19.9. The number of nitrogens with zero attached hydrogens (tertiary/aromatic N) is 3. The lowest BCUT2D eigenvalue weighted by Crippen LogP contribution is -2.41. The Morgan fingerprint density at radius 3 is 2.68 bits per heavy atom. The fraction of sp³-hybridized carbons (Fsp3) is 0.478. The second kappa shape index (κ2) is 9.75. The van der Waals surface area contributed by atoms with Crippen LogP contribution in [-0.2, 0) is 11.2 Å². The Hall–Kier alpha value is -3.18. The van der Waals surface area contributed by atoms with Crippen molar-refractivity contribution in [2.75, 3.05) is 22.5 Å². The van der Waals surface area contributed by atoms with Gasteiger partial charge < -0.3 is 21.1 Å². The number of nitrogens with one attached hydrogen (secondary N) is 3. The van der Waals surface area contributed by atoms with E-state index >= 15 is 0 Å². The van der Waals surface area contributed by atoms with Gasteiger partial charge in [0.25, 0.3) is 0 Å². The Morgan fingerprint density at radius 2 is 2.03 bits per heavy atom. The molecule has 164 valence electrons. The molecule has 3 rings (SSSR count). The molecule has 0 unspecified atom stereocenters. The molecule has 0 bridgehead atoms. The minimum atomic E-state index is -0.309. The van der Waals surface area contributed by atoms with Crippen molar-refractivity contribution in [2.24, 2.45) is 5.41 Å². The number of benzene rings is 1. The van der Waals surface area contributed by atoms with Crippen LogP contribution in [0.15, 0.2) is 30.5 Å². The third-order valence-corrected chi connectivity index (χ3v) is 5.68. The maximum atomic E-state index is 11.1. The topological polar surface area (TPSA) is 123 Å². The molecular weight excluding hydrogens is 392 g/mol. The van der Waals surface area contributed by atoms with Gasteiger partial charge in [0.15, 0.2) is 0 Å². The second-order valence-electron chi connectivity index (χ2n) is 8.75. The monoisotopic (exact) mass is 422 g/mol. The third-order valence-electron chi connectivity index (χ3n) is 5.68. The number of carbonyl (C=O) groups excluding carboxylic acids is 1. The van der Waals surface area contributed by atoms with Crippen LogP contribution in [0.25, 0.3) is 0 Å². The van der Waals surface area contributed by atoms with Gasteiger partial charge >= 0.3 is 0 Å². The van der Waals surface area contributed by atoms with E-state index in [1.165, 1.54) is 13.1 Å². The molecule has 4 N–H and O–H groups in total. The van der Waals surface area contributed by atoms with Crippen LogP contribution in [0, 0.1) is 16.7 Å². The van der Waals surface area contributed by atoms with Crippen molar-refractivity contribution in [3.05, 3.63) is 41.6 Å². The zero-order valence-corrected chi connectivity index (χ0v) is 18.3. The molecule has 1 aromatic heterocycles. The van der Waals surface area contributed by atoms with Crippen molar-refractivity contribution in [1.29, 1.82) is 5.26 Å². The van der Waals surface area contributed by atoms with E-state index in [0.717, 1.165) is 36.9 Å². The average Bonchev–Trinajstić information content (AvgIpc) is 2.72. The largest absolute Gasteiger partial charge is 0.393 e. The van der Waals surface area contributed by atoms with E-state index in [1.54, 1.807) is 0 Å². The molecule has 0 aliphatic heterocycles. The predicted molar refractivity (Wildman–Crippen MR) is 121 cm³/mol. The van der Waals surface area contributed by atoms with Crippen LogP contribution in [0.4, 0.5) is 17.5 Å². The molecule has 1 amide bonds. The van der Waals surface area contributed by atoms with Crippen LogP contribution < -0.4 is 16.0 Å². The van der Waals surface area contributed by atoms with E-state index in [4.69, 9.17) is 0 Å². The standard InChI is InChI=1S/C23H30N6O2/c1-15(30)27-18-6-4-16(5-7-18)10-11-25-22-26-14-17(13-24)21(29-22)28-19-8-9-20(31)23(2,3)12-19/h4-7,14,19-20,31H,8-12H2,1-3H3,(H,27,30)(H2,25,26,28,29)/t19-,20+/m1/s1. The number of aromatic nitrogens is 2. The van der Waals surface area contributed by atoms with E-state index in [-0.39, 0.29) is 23.5 Å². The molecule has 1 heterocycles. The summed E-state index contributed by atoms with van der Waals surface area (Å²) in [5.74, 6) is 0.896. The van der Waals surface area contributed by atoms with Crippen molar-refractivity contribution in [3.8, 4) is 6.07 Å². The summed E-state index contributed by atoms with van der Waals surface area (Å²) >= 11 is 0. The summed E-state index contributed by atoms with van der Waals surface area (Å²) in [6.45, 7) is 6.24. The molecule has 1 fully saturated rings. The van der Waals surface area contributed by atoms with Gasteiger partial charge in [-0.25, -0.2) is 4.98 Å². The predicted octanol–water partition coefficient (Wildman–Crippen LogP) is 3.31. The quantitative estimate of drug-likeness (QED) is 0.540. The lowest BCUT2D eigenvalue weighted by molar-refractivity contribution is -0.114. The molecule has 8 nitrogen and oxygen atoms in total. The van der Waals surface area contributed by atoms with Gasteiger partial charge in [0, 0.05) is 25.2 Å². The Kier molecular flexibility index (Phi) is 7.08. The van der Waals surface area contributed by atoms with Gasteiger partial charge in [-0.3, -0.25) is 4.79 Å². The zero-order valence-electron chi connectivity index (χ0n) is 18.3. The lowest BCUT2D eigenvalue weighted by atomic mass is 9.73. The highest BCUT2D eigenvalue weighted by atomic mass is 16.3. The SMILES string of the molecule is CC(=O)Nc1ccc(CCNc2ncc(C#N)c(N[C@@H]3CC[C@H](O)C(C)(C)C3)n2)cc1. The first kappa shape index (κ1) is 22.5. The highest BCUT2D eigenvalue weighted by Crippen LogP contribution is 2.36. The smallest absolute Gasteiger partial charge is 0.224 e. The summed E-state index contributed by atoms with van der Waals surface area (Å²) in [6, 6.07) is 9.99. The number of hydrogen-bond acceptors (Lipinski definition) is 7. The molecule has 0 spiro atoms.